The fraction of sp³-hybridized carbons (Fsp3) is 0.0833. The van der Waals surface area contributed by atoms with Gasteiger partial charge in [0.25, 0.3) is 0 Å². The molecule has 0 bridgehead atoms. The molecule has 0 unspecified atom stereocenters. The van der Waals surface area contributed by atoms with Crippen molar-refractivity contribution in [3.8, 4) is 11.3 Å². The molecule has 0 saturated carbocycles. The summed E-state index contributed by atoms with van der Waals surface area (Å²) in [6.07, 6.45) is 1.82. The Morgan fingerprint density at radius 1 is 1.33 bits per heavy atom. The molecule has 1 aromatic carbocycles. The van der Waals surface area contributed by atoms with Crippen LogP contribution in [-0.4, -0.2) is 26.0 Å². The zero-order valence-corrected chi connectivity index (χ0v) is 9.49. The SMILES string of the molecule is Cn1cc(-c2nonc2C(=O)O)c2ccccc21. The minimum Gasteiger partial charge on any atom is -0.476 e. The number of hydrogen-bond donors (Lipinski definition) is 1. The van der Waals surface area contributed by atoms with Crippen molar-refractivity contribution in [3.05, 3.63) is 36.2 Å². The third kappa shape index (κ3) is 1.39. The van der Waals surface area contributed by atoms with Crippen LogP contribution in [0.4, 0.5) is 0 Å². The summed E-state index contributed by atoms with van der Waals surface area (Å²) in [5.74, 6) is -1.15. The molecule has 90 valence electrons. The molecule has 0 amide bonds. The summed E-state index contributed by atoms with van der Waals surface area (Å²) in [5, 5.41) is 17.0. The van der Waals surface area contributed by atoms with Gasteiger partial charge in [-0.05, 0) is 16.4 Å². The molecule has 1 N–H and O–H groups in total. The van der Waals surface area contributed by atoms with Gasteiger partial charge in [-0.1, -0.05) is 18.2 Å². The van der Waals surface area contributed by atoms with E-state index < -0.39 is 5.97 Å². The number of aromatic nitrogens is 3. The van der Waals surface area contributed by atoms with E-state index in [1.807, 2.05) is 42.1 Å². The topological polar surface area (TPSA) is 81.2 Å². The largest absolute Gasteiger partial charge is 0.476 e. The molecular weight excluding hydrogens is 234 g/mol. The van der Waals surface area contributed by atoms with Crippen molar-refractivity contribution in [3.63, 3.8) is 0 Å². The molecule has 3 aromatic rings. The normalized spacial score (nSPS) is 10.9. The van der Waals surface area contributed by atoms with Gasteiger partial charge in [0.05, 0.1) is 0 Å². The summed E-state index contributed by atoms with van der Waals surface area (Å²) in [4.78, 5) is 11.0. The van der Waals surface area contributed by atoms with Crippen LogP contribution in [0.25, 0.3) is 22.2 Å². The van der Waals surface area contributed by atoms with Crippen LogP contribution >= 0.6 is 0 Å². The Hall–Kier alpha value is -2.63. The number of hydrogen-bond acceptors (Lipinski definition) is 4. The van der Waals surface area contributed by atoms with E-state index in [4.69, 9.17) is 5.11 Å². The van der Waals surface area contributed by atoms with Gasteiger partial charge in [-0.3, -0.25) is 0 Å². The fourth-order valence-corrected chi connectivity index (χ4v) is 2.04. The number of aromatic carboxylic acids is 1. The molecule has 0 saturated heterocycles. The Morgan fingerprint density at radius 3 is 2.89 bits per heavy atom. The second-order valence-electron chi connectivity index (χ2n) is 3.94. The van der Waals surface area contributed by atoms with Gasteiger partial charge in [0.2, 0.25) is 5.69 Å². The Labute approximate surface area is 101 Å². The van der Waals surface area contributed by atoms with Gasteiger partial charge in [-0.15, -0.1) is 0 Å². The van der Waals surface area contributed by atoms with Crippen LogP contribution in [0, 0.1) is 0 Å². The first-order chi connectivity index (χ1) is 8.68. The second kappa shape index (κ2) is 3.69. The lowest BCUT2D eigenvalue weighted by Crippen LogP contribution is -1.98. The highest BCUT2D eigenvalue weighted by Gasteiger charge is 2.21. The van der Waals surface area contributed by atoms with Crippen molar-refractivity contribution in [2.75, 3.05) is 0 Å². The van der Waals surface area contributed by atoms with Crippen LogP contribution in [0.1, 0.15) is 10.5 Å². The van der Waals surface area contributed by atoms with Crippen LogP contribution < -0.4 is 0 Å². The maximum atomic E-state index is 11.0. The van der Waals surface area contributed by atoms with Crippen molar-refractivity contribution in [1.82, 2.24) is 14.9 Å². The number of rotatable bonds is 2. The van der Waals surface area contributed by atoms with Crippen LogP contribution in [0.5, 0.6) is 0 Å². The number of nitrogens with zero attached hydrogens (tertiary/aromatic N) is 3. The molecule has 18 heavy (non-hydrogen) atoms. The van der Waals surface area contributed by atoms with E-state index in [1.54, 1.807) is 0 Å². The van der Waals surface area contributed by atoms with E-state index in [9.17, 15) is 4.79 Å². The van der Waals surface area contributed by atoms with Crippen LogP contribution in [0.2, 0.25) is 0 Å². The van der Waals surface area contributed by atoms with Crippen LogP contribution in [-0.2, 0) is 7.05 Å². The molecule has 6 heteroatoms. The average Bonchev–Trinajstić information content (AvgIpc) is 2.95. The third-order valence-corrected chi connectivity index (χ3v) is 2.84. The number of carboxylic acid groups (broad SMARTS) is 1. The first-order valence-electron chi connectivity index (χ1n) is 5.29. The summed E-state index contributed by atoms with van der Waals surface area (Å²) in [6.45, 7) is 0. The summed E-state index contributed by atoms with van der Waals surface area (Å²) in [5.41, 5.74) is 1.77. The van der Waals surface area contributed by atoms with Crippen LogP contribution in [0.3, 0.4) is 0 Å². The molecule has 0 aliphatic carbocycles. The Kier molecular flexibility index (Phi) is 2.16. The number of benzene rings is 1. The molecule has 0 atom stereocenters. The zero-order chi connectivity index (χ0) is 12.7. The van der Waals surface area contributed by atoms with Crippen molar-refractivity contribution in [1.29, 1.82) is 0 Å². The second-order valence-corrected chi connectivity index (χ2v) is 3.94. The van der Waals surface area contributed by atoms with Crippen molar-refractivity contribution in [2.45, 2.75) is 0 Å². The molecule has 0 aliphatic rings. The molecule has 2 aromatic heterocycles. The average molecular weight is 243 g/mol. The third-order valence-electron chi connectivity index (χ3n) is 2.84. The van der Waals surface area contributed by atoms with E-state index in [0.717, 1.165) is 10.9 Å². The Bertz CT molecular complexity index is 742. The van der Waals surface area contributed by atoms with Crippen molar-refractivity contribution >= 4 is 16.9 Å². The smallest absolute Gasteiger partial charge is 0.360 e. The van der Waals surface area contributed by atoms with Crippen LogP contribution in [0.15, 0.2) is 35.1 Å². The van der Waals surface area contributed by atoms with E-state index in [0.29, 0.717) is 5.56 Å². The van der Waals surface area contributed by atoms with Gasteiger partial charge in [-0.25, -0.2) is 9.42 Å². The maximum Gasteiger partial charge on any atom is 0.360 e. The minimum absolute atomic E-state index is 0.175. The number of aryl methyl sites for hydroxylation is 1. The summed E-state index contributed by atoms with van der Waals surface area (Å²) < 4.78 is 6.44. The highest BCUT2D eigenvalue weighted by Crippen LogP contribution is 2.30. The molecule has 0 spiro atoms. The number of carbonyl (C=O) groups is 1. The summed E-state index contributed by atoms with van der Waals surface area (Å²) in [7, 11) is 1.89. The first-order valence-corrected chi connectivity index (χ1v) is 5.29. The number of para-hydroxylation sites is 1. The van der Waals surface area contributed by atoms with Gasteiger partial charge < -0.3 is 9.67 Å². The predicted octanol–water partition coefficient (Wildman–Crippen LogP) is 1.93. The highest BCUT2D eigenvalue weighted by atomic mass is 16.6. The number of fused-ring (bicyclic) bond motifs is 1. The fourth-order valence-electron chi connectivity index (χ4n) is 2.04. The Balaban J connectivity index is 2.32. The molecular formula is C12H9N3O3. The lowest BCUT2D eigenvalue weighted by Gasteiger charge is -1.94. The first kappa shape index (κ1) is 10.5. The lowest BCUT2D eigenvalue weighted by molar-refractivity contribution is 0.0685. The Morgan fingerprint density at radius 2 is 2.11 bits per heavy atom. The van der Waals surface area contributed by atoms with Crippen molar-refractivity contribution < 1.29 is 14.5 Å². The van der Waals surface area contributed by atoms with Gasteiger partial charge in [0.15, 0.2) is 5.69 Å². The van der Waals surface area contributed by atoms with Gasteiger partial charge in [0, 0.05) is 29.7 Å². The highest BCUT2D eigenvalue weighted by molar-refractivity contribution is 6.00. The molecule has 6 nitrogen and oxygen atoms in total. The quantitative estimate of drug-likeness (QED) is 0.743. The molecule has 0 aliphatic heterocycles. The van der Waals surface area contributed by atoms with Gasteiger partial charge in [0.1, 0.15) is 0 Å². The maximum absolute atomic E-state index is 11.0. The van der Waals surface area contributed by atoms with E-state index in [2.05, 4.69) is 14.9 Å². The van der Waals surface area contributed by atoms with E-state index in [1.165, 1.54) is 0 Å². The predicted molar refractivity (Wildman–Crippen MR) is 63.2 cm³/mol. The lowest BCUT2D eigenvalue weighted by atomic mass is 10.1. The zero-order valence-electron chi connectivity index (χ0n) is 9.49. The monoisotopic (exact) mass is 243 g/mol. The standard InChI is InChI=1S/C12H9N3O3/c1-15-6-8(7-4-2-3-5-9(7)15)10-11(12(16)17)14-18-13-10/h2-6H,1H3,(H,16,17). The molecule has 0 fully saturated rings. The molecule has 0 radical (unpaired) electrons. The van der Waals surface area contributed by atoms with E-state index in [-0.39, 0.29) is 11.4 Å². The van der Waals surface area contributed by atoms with E-state index >= 15 is 0 Å². The van der Waals surface area contributed by atoms with Gasteiger partial charge in [-0.2, -0.15) is 0 Å². The molecule has 2 heterocycles. The number of carboxylic acids is 1. The van der Waals surface area contributed by atoms with Crippen molar-refractivity contribution in [2.24, 2.45) is 7.05 Å². The minimum atomic E-state index is -1.15. The summed E-state index contributed by atoms with van der Waals surface area (Å²) >= 11 is 0. The summed E-state index contributed by atoms with van der Waals surface area (Å²) in [6, 6.07) is 7.67. The molecule has 3 rings (SSSR count). The van der Waals surface area contributed by atoms with Gasteiger partial charge >= 0.3 is 5.97 Å².